The van der Waals surface area contributed by atoms with Crippen LogP contribution in [0.2, 0.25) is 0 Å². The zero-order valence-electron chi connectivity index (χ0n) is 8.25. The maximum Gasteiger partial charge on any atom is 0.0570 e. The molecule has 13 heavy (non-hydrogen) atoms. The lowest BCUT2D eigenvalue weighted by atomic mass is 10.2. The van der Waals surface area contributed by atoms with E-state index in [1.807, 2.05) is 18.3 Å². The minimum atomic E-state index is 0.335. The van der Waals surface area contributed by atoms with E-state index in [1.54, 1.807) is 0 Å². The lowest BCUT2D eigenvalue weighted by molar-refractivity contribution is 0.622. The Labute approximate surface area is 79.7 Å². The van der Waals surface area contributed by atoms with Gasteiger partial charge in [0.25, 0.3) is 0 Å². The lowest BCUT2D eigenvalue weighted by Gasteiger charge is -2.09. The fourth-order valence-corrected chi connectivity index (χ4v) is 1.04. The topological polar surface area (TPSA) is 24.9 Å². The first-order valence-corrected chi connectivity index (χ1v) is 4.50. The third-order valence-electron chi connectivity index (χ3n) is 2.06. The molecular formula is C11H16N2. The van der Waals surface area contributed by atoms with Gasteiger partial charge in [0.05, 0.1) is 5.69 Å². The van der Waals surface area contributed by atoms with Crippen molar-refractivity contribution >= 4 is 0 Å². The summed E-state index contributed by atoms with van der Waals surface area (Å²) in [6.07, 6.45) is 3.71. The number of aryl methyl sites for hydroxylation is 1. The highest BCUT2D eigenvalue weighted by Crippen LogP contribution is 2.02. The fraction of sp³-hybridized carbons (Fsp3) is 0.364. The SMILES string of the molecule is C=CC(C)NCc1ncccc1C. The summed E-state index contributed by atoms with van der Waals surface area (Å²) in [4.78, 5) is 4.29. The molecule has 1 aromatic heterocycles. The van der Waals surface area contributed by atoms with Crippen LogP contribution in [0.3, 0.4) is 0 Å². The van der Waals surface area contributed by atoms with Gasteiger partial charge in [-0.15, -0.1) is 6.58 Å². The molecule has 1 unspecified atom stereocenters. The first kappa shape index (κ1) is 9.93. The van der Waals surface area contributed by atoms with E-state index in [9.17, 15) is 0 Å². The summed E-state index contributed by atoms with van der Waals surface area (Å²) in [5.74, 6) is 0. The number of nitrogens with zero attached hydrogens (tertiary/aromatic N) is 1. The van der Waals surface area contributed by atoms with Crippen LogP contribution < -0.4 is 5.32 Å². The summed E-state index contributed by atoms with van der Waals surface area (Å²) in [7, 11) is 0. The molecule has 0 radical (unpaired) electrons. The fourth-order valence-electron chi connectivity index (χ4n) is 1.04. The van der Waals surface area contributed by atoms with E-state index in [0.29, 0.717) is 6.04 Å². The summed E-state index contributed by atoms with van der Waals surface area (Å²) < 4.78 is 0. The smallest absolute Gasteiger partial charge is 0.0570 e. The molecule has 0 saturated carbocycles. The van der Waals surface area contributed by atoms with Gasteiger partial charge in [-0.2, -0.15) is 0 Å². The van der Waals surface area contributed by atoms with Crippen LogP contribution in [0.15, 0.2) is 31.0 Å². The van der Waals surface area contributed by atoms with Crippen molar-refractivity contribution in [3.8, 4) is 0 Å². The second kappa shape index (κ2) is 4.77. The van der Waals surface area contributed by atoms with Crippen LogP contribution in [0.25, 0.3) is 0 Å². The van der Waals surface area contributed by atoms with Gasteiger partial charge in [-0.05, 0) is 25.5 Å². The van der Waals surface area contributed by atoms with Crippen molar-refractivity contribution in [3.05, 3.63) is 42.2 Å². The van der Waals surface area contributed by atoms with Gasteiger partial charge in [0.2, 0.25) is 0 Å². The minimum Gasteiger partial charge on any atom is -0.305 e. The van der Waals surface area contributed by atoms with E-state index in [2.05, 4.69) is 36.8 Å². The number of nitrogens with one attached hydrogen (secondary N) is 1. The van der Waals surface area contributed by atoms with Crippen LogP contribution in [-0.4, -0.2) is 11.0 Å². The van der Waals surface area contributed by atoms with Crippen molar-refractivity contribution in [3.63, 3.8) is 0 Å². The van der Waals surface area contributed by atoms with Crippen LogP contribution in [0, 0.1) is 6.92 Å². The van der Waals surface area contributed by atoms with Gasteiger partial charge in [0.1, 0.15) is 0 Å². The maximum absolute atomic E-state index is 4.29. The molecular weight excluding hydrogens is 160 g/mol. The first-order chi connectivity index (χ1) is 6.24. The molecule has 0 aliphatic carbocycles. The molecule has 0 spiro atoms. The predicted molar refractivity (Wildman–Crippen MR) is 55.5 cm³/mol. The third kappa shape index (κ3) is 2.99. The van der Waals surface area contributed by atoms with Gasteiger partial charge < -0.3 is 5.32 Å². The second-order valence-corrected chi connectivity index (χ2v) is 3.17. The molecule has 0 bridgehead atoms. The van der Waals surface area contributed by atoms with E-state index < -0.39 is 0 Å². The van der Waals surface area contributed by atoms with Crippen LogP contribution in [-0.2, 0) is 6.54 Å². The quantitative estimate of drug-likeness (QED) is 0.710. The molecule has 0 saturated heterocycles. The number of hydrogen-bond donors (Lipinski definition) is 1. The van der Waals surface area contributed by atoms with Gasteiger partial charge in [0.15, 0.2) is 0 Å². The number of aromatic nitrogens is 1. The molecule has 70 valence electrons. The largest absolute Gasteiger partial charge is 0.305 e. The second-order valence-electron chi connectivity index (χ2n) is 3.17. The summed E-state index contributed by atoms with van der Waals surface area (Å²) in [5.41, 5.74) is 2.34. The van der Waals surface area contributed by atoms with Crippen LogP contribution in [0.4, 0.5) is 0 Å². The average Bonchev–Trinajstić information content (AvgIpc) is 2.16. The number of pyridine rings is 1. The molecule has 1 aromatic rings. The molecule has 2 nitrogen and oxygen atoms in total. The summed E-state index contributed by atoms with van der Waals surface area (Å²) in [6, 6.07) is 4.36. The highest BCUT2D eigenvalue weighted by atomic mass is 14.9. The van der Waals surface area contributed by atoms with Gasteiger partial charge in [-0.1, -0.05) is 12.1 Å². The van der Waals surface area contributed by atoms with Gasteiger partial charge >= 0.3 is 0 Å². The summed E-state index contributed by atoms with van der Waals surface area (Å²) in [6.45, 7) is 8.66. The molecule has 1 N–H and O–H groups in total. The van der Waals surface area contributed by atoms with Gasteiger partial charge in [-0.3, -0.25) is 4.98 Å². The molecule has 1 heterocycles. The summed E-state index contributed by atoms with van der Waals surface area (Å²) >= 11 is 0. The Bertz CT molecular complexity index is 281. The average molecular weight is 176 g/mol. The Morgan fingerprint density at radius 2 is 2.46 bits per heavy atom. The van der Waals surface area contributed by atoms with Crippen molar-refractivity contribution in [1.82, 2.24) is 10.3 Å². The molecule has 0 fully saturated rings. The summed E-state index contributed by atoms with van der Waals surface area (Å²) in [5, 5.41) is 3.31. The van der Waals surface area contributed by atoms with E-state index in [4.69, 9.17) is 0 Å². The number of rotatable bonds is 4. The Hall–Kier alpha value is -1.15. The Morgan fingerprint density at radius 1 is 1.69 bits per heavy atom. The van der Waals surface area contributed by atoms with Gasteiger partial charge in [0, 0.05) is 18.8 Å². The first-order valence-electron chi connectivity index (χ1n) is 4.50. The van der Waals surface area contributed by atoms with E-state index >= 15 is 0 Å². The lowest BCUT2D eigenvalue weighted by Crippen LogP contribution is -2.23. The Balaban J connectivity index is 2.54. The highest BCUT2D eigenvalue weighted by molar-refractivity contribution is 5.17. The maximum atomic E-state index is 4.29. The van der Waals surface area contributed by atoms with Crippen molar-refractivity contribution in [1.29, 1.82) is 0 Å². The predicted octanol–water partition coefficient (Wildman–Crippen LogP) is 2.05. The van der Waals surface area contributed by atoms with Crippen LogP contribution in [0.5, 0.6) is 0 Å². The molecule has 0 amide bonds. The molecule has 1 atom stereocenters. The van der Waals surface area contributed by atoms with Crippen molar-refractivity contribution in [2.75, 3.05) is 0 Å². The monoisotopic (exact) mass is 176 g/mol. The standard InChI is InChI=1S/C11H16N2/c1-4-10(3)13-8-11-9(2)6-5-7-12-11/h4-7,10,13H,1,8H2,2-3H3. The van der Waals surface area contributed by atoms with E-state index in [-0.39, 0.29) is 0 Å². The Morgan fingerprint density at radius 3 is 3.08 bits per heavy atom. The normalized spacial score (nSPS) is 12.5. The highest BCUT2D eigenvalue weighted by Gasteiger charge is 1.99. The molecule has 0 aliphatic rings. The molecule has 0 aromatic carbocycles. The zero-order valence-corrected chi connectivity index (χ0v) is 8.25. The van der Waals surface area contributed by atoms with E-state index in [0.717, 1.165) is 12.2 Å². The third-order valence-corrected chi connectivity index (χ3v) is 2.06. The van der Waals surface area contributed by atoms with Crippen molar-refractivity contribution < 1.29 is 0 Å². The Kier molecular flexibility index (Phi) is 3.65. The minimum absolute atomic E-state index is 0.335. The van der Waals surface area contributed by atoms with E-state index in [1.165, 1.54) is 5.56 Å². The van der Waals surface area contributed by atoms with Crippen molar-refractivity contribution in [2.45, 2.75) is 26.4 Å². The van der Waals surface area contributed by atoms with Crippen LogP contribution >= 0.6 is 0 Å². The van der Waals surface area contributed by atoms with Crippen molar-refractivity contribution in [2.24, 2.45) is 0 Å². The van der Waals surface area contributed by atoms with Crippen LogP contribution in [0.1, 0.15) is 18.2 Å². The molecule has 2 heteroatoms. The number of hydrogen-bond acceptors (Lipinski definition) is 2. The molecule has 0 aliphatic heterocycles. The van der Waals surface area contributed by atoms with Gasteiger partial charge in [-0.25, -0.2) is 0 Å². The molecule has 1 rings (SSSR count). The zero-order chi connectivity index (χ0) is 9.68.